The van der Waals surface area contributed by atoms with Crippen LogP contribution >= 0.6 is 0 Å². The van der Waals surface area contributed by atoms with Gasteiger partial charge in [-0.05, 0) is 29.5 Å². The van der Waals surface area contributed by atoms with E-state index >= 15 is 0 Å². The molecule has 0 spiro atoms. The molecule has 146 valence electrons. The van der Waals surface area contributed by atoms with Gasteiger partial charge < -0.3 is 5.73 Å². The fourth-order valence-corrected chi connectivity index (χ4v) is 2.92. The second-order valence-electron chi connectivity index (χ2n) is 6.12. The van der Waals surface area contributed by atoms with Crippen LogP contribution in [0.3, 0.4) is 0 Å². The van der Waals surface area contributed by atoms with Gasteiger partial charge in [0.15, 0.2) is 0 Å². The Bertz CT molecular complexity index is 1120. The van der Waals surface area contributed by atoms with Crippen LogP contribution in [0.25, 0.3) is 11.0 Å². The molecule has 0 bridgehead atoms. The van der Waals surface area contributed by atoms with E-state index in [1.165, 1.54) is 12.1 Å². The molecule has 4 amide bonds. The summed E-state index contributed by atoms with van der Waals surface area (Å²) in [4.78, 5) is 55.6. The third-order valence-electron chi connectivity index (χ3n) is 4.28. The fraction of sp³-hybridized carbons (Fsp3) is 0.111. The Morgan fingerprint density at radius 2 is 1.62 bits per heavy atom. The SMILES string of the molecule is NC(=O)CCN(C(=O)On1nnc2ccccc21)N1C(=O)c2ccccc2C1=O. The minimum absolute atomic E-state index is 0.139. The van der Waals surface area contributed by atoms with Crippen LogP contribution in [0.1, 0.15) is 27.1 Å². The lowest BCUT2D eigenvalue weighted by molar-refractivity contribution is -0.118. The number of nitrogens with two attached hydrogens (primary N) is 1. The second-order valence-corrected chi connectivity index (χ2v) is 6.12. The summed E-state index contributed by atoms with van der Waals surface area (Å²) in [6.45, 7) is -0.341. The van der Waals surface area contributed by atoms with E-state index in [-0.39, 0.29) is 24.1 Å². The summed E-state index contributed by atoms with van der Waals surface area (Å²) in [6, 6.07) is 12.9. The topological polar surface area (TPSA) is 141 Å². The van der Waals surface area contributed by atoms with Gasteiger partial charge in [0.25, 0.3) is 11.8 Å². The number of primary amides is 1. The van der Waals surface area contributed by atoms with Crippen molar-refractivity contribution in [1.82, 2.24) is 25.2 Å². The highest BCUT2D eigenvalue weighted by molar-refractivity contribution is 6.21. The first kappa shape index (κ1) is 18.1. The third-order valence-corrected chi connectivity index (χ3v) is 4.28. The molecule has 3 aromatic rings. The lowest BCUT2D eigenvalue weighted by Gasteiger charge is -2.28. The van der Waals surface area contributed by atoms with Crippen LogP contribution in [0.4, 0.5) is 4.79 Å². The first-order valence-corrected chi connectivity index (χ1v) is 8.53. The molecule has 1 aliphatic rings. The van der Waals surface area contributed by atoms with Gasteiger partial charge in [0.1, 0.15) is 11.0 Å². The van der Waals surface area contributed by atoms with Crippen LogP contribution in [0.15, 0.2) is 48.5 Å². The quantitative estimate of drug-likeness (QED) is 0.487. The highest BCUT2D eigenvalue weighted by Gasteiger charge is 2.42. The monoisotopic (exact) mass is 394 g/mol. The molecule has 0 aliphatic carbocycles. The van der Waals surface area contributed by atoms with E-state index in [2.05, 4.69) is 10.3 Å². The summed E-state index contributed by atoms with van der Waals surface area (Å²) >= 11 is 0. The molecule has 2 aromatic carbocycles. The number of carbonyl (C=O) groups excluding carboxylic acids is 4. The number of carbonyl (C=O) groups is 4. The number of rotatable bonds is 5. The lowest BCUT2D eigenvalue weighted by atomic mass is 10.1. The zero-order valence-corrected chi connectivity index (χ0v) is 14.9. The maximum Gasteiger partial charge on any atom is 0.455 e. The number of imide groups is 1. The van der Waals surface area contributed by atoms with E-state index in [0.717, 1.165) is 9.85 Å². The van der Waals surface area contributed by atoms with Crippen molar-refractivity contribution in [2.75, 3.05) is 6.54 Å². The molecule has 1 aromatic heterocycles. The number of hydrogen-bond acceptors (Lipinski definition) is 7. The molecule has 11 heteroatoms. The summed E-state index contributed by atoms with van der Waals surface area (Å²) in [6.07, 6.45) is -1.39. The Labute approximate surface area is 163 Å². The van der Waals surface area contributed by atoms with Crippen LogP contribution in [0, 0.1) is 0 Å². The van der Waals surface area contributed by atoms with Gasteiger partial charge in [-0.25, -0.2) is 9.80 Å². The van der Waals surface area contributed by atoms with E-state index in [0.29, 0.717) is 16.0 Å². The Kier molecular flexibility index (Phi) is 4.39. The van der Waals surface area contributed by atoms with Gasteiger partial charge in [0.2, 0.25) is 5.91 Å². The highest BCUT2D eigenvalue weighted by atomic mass is 16.7. The number of aromatic nitrogens is 3. The Balaban J connectivity index is 1.65. The van der Waals surface area contributed by atoms with Crippen LogP contribution in [-0.2, 0) is 4.79 Å². The first-order valence-electron chi connectivity index (χ1n) is 8.53. The maximum absolute atomic E-state index is 12.8. The number of fused-ring (bicyclic) bond motifs is 2. The normalized spacial score (nSPS) is 12.9. The molecule has 2 N–H and O–H groups in total. The lowest BCUT2D eigenvalue weighted by Crippen LogP contribution is -2.52. The summed E-state index contributed by atoms with van der Waals surface area (Å²) in [5, 5.41) is 8.96. The molecule has 0 saturated carbocycles. The molecule has 0 fully saturated rings. The maximum atomic E-state index is 12.8. The molecule has 0 saturated heterocycles. The summed E-state index contributed by atoms with van der Waals surface area (Å²) < 4.78 is 0. The molecule has 2 heterocycles. The van der Waals surface area contributed by atoms with Crippen molar-refractivity contribution >= 4 is 34.8 Å². The first-order chi connectivity index (χ1) is 14.0. The van der Waals surface area contributed by atoms with Gasteiger partial charge in [-0.1, -0.05) is 29.1 Å². The number of nitrogens with zero attached hydrogens (tertiary/aromatic N) is 5. The Morgan fingerprint density at radius 1 is 1.00 bits per heavy atom. The van der Waals surface area contributed by atoms with Gasteiger partial charge >= 0.3 is 6.09 Å². The van der Waals surface area contributed by atoms with E-state index in [9.17, 15) is 19.2 Å². The summed E-state index contributed by atoms with van der Waals surface area (Å²) in [5.41, 5.74) is 6.33. The van der Waals surface area contributed by atoms with Gasteiger partial charge in [0.05, 0.1) is 17.7 Å². The van der Waals surface area contributed by atoms with E-state index in [1.807, 2.05) is 0 Å². The van der Waals surface area contributed by atoms with Crippen LogP contribution in [-0.4, -0.2) is 55.5 Å². The molecule has 4 rings (SSSR count). The van der Waals surface area contributed by atoms with Crippen molar-refractivity contribution in [3.05, 3.63) is 59.7 Å². The molecule has 11 nitrogen and oxygen atoms in total. The van der Waals surface area contributed by atoms with Crippen molar-refractivity contribution in [1.29, 1.82) is 0 Å². The minimum atomic E-state index is -1.10. The van der Waals surface area contributed by atoms with E-state index in [4.69, 9.17) is 10.6 Å². The highest BCUT2D eigenvalue weighted by Crippen LogP contribution is 2.24. The smallest absolute Gasteiger partial charge is 0.370 e. The number of hydrogen-bond donors (Lipinski definition) is 1. The van der Waals surface area contributed by atoms with Gasteiger partial charge in [-0.3, -0.25) is 19.2 Å². The number of hydrazine groups is 1. The molecular formula is C18H14N6O5. The molecular weight excluding hydrogens is 380 g/mol. The standard InChI is InChI=1S/C18H14N6O5/c19-15(25)9-10-22(23-16(26)11-5-1-2-6-12(11)17(23)27)18(28)29-24-14-8-4-3-7-13(14)20-21-24/h1-8H,9-10H2,(H2,19,25). The zero-order chi connectivity index (χ0) is 20.5. The van der Waals surface area contributed by atoms with Gasteiger partial charge in [-0.15, -0.1) is 5.10 Å². The molecule has 0 atom stereocenters. The predicted molar refractivity (Wildman–Crippen MR) is 97.0 cm³/mol. The largest absolute Gasteiger partial charge is 0.455 e. The molecule has 29 heavy (non-hydrogen) atoms. The van der Waals surface area contributed by atoms with Crippen molar-refractivity contribution < 1.29 is 24.0 Å². The zero-order valence-electron chi connectivity index (χ0n) is 14.9. The second kappa shape index (κ2) is 7.03. The van der Waals surface area contributed by atoms with Crippen molar-refractivity contribution in [3.8, 4) is 0 Å². The van der Waals surface area contributed by atoms with Crippen LogP contribution in [0.2, 0.25) is 0 Å². The number of amides is 4. The molecule has 0 radical (unpaired) electrons. The minimum Gasteiger partial charge on any atom is -0.370 e. The van der Waals surface area contributed by atoms with Crippen molar-refractivity contribution in [2.45, 2.75) is 6.42 Å². The van der Waals surface area contributed by atoms with Crippen molar-refractivity contribution in [2.24, 2.45) is 5.73 Å². The summed E-state index contributed by atoms with van der Waals surface area (Å²) in [7, 11) is 0. The van der Waals surface area contributed by atoms with E-state index in [1.54, 1.807) is 36.4 Å². The van der Waals surface area contributed by atoms with Crippen LogP contribution < -0.4 is 10.6 Å². The van der Waals surface area contributed by atoms with Crippen molar-refractivity contribution in [3.63, 3.8) is 0 Å². The predicted octanol–water partition coefficient (Wildman–Crippen LogP) is 0.369. The average Bonchev–Trinajstić information content (AvgIpc) is 3.23. The van der Waals surface area contributed by atoms with Gasteiger partial charge in [-0.2, -0.15) is 5.01 Å². The number of para-hydroxylation sites is 1. The van der Waals surface area contributed by atoms with Gasteiger partial charge in [0, 0.05) is 6.42 Å². The molecule has 0 unspecified atom stereocenters. The van der Waals surface area contributed by atoms with E-state index < -0.39 is 23.8 Å². The average molecular weight is 394 g/mol. The molecule has 1 aliphatic heterocycles. The number of benzene rings is 2. The summed E-state index contributed by atoms with van der Waals surface area (Å²) in [5.74, 6) is -2.14. The Hall–Kier alpha value is -4.28. The van der Waals surface area contributed by atoms with Crippen LogP contribution in [0.5, 0.6) is 0 Å². The third kappa shape index (κ3) is 3.14. The fourth-order valence-electron chi connectivity index (χ4n) is 2.92. The Morgan fingerprint density at radius 3 is 2.28 bits per heavy atom.